The van der Waals surface area contributed by atoms with Crippen LogP contribution in [-0.4, -0.2) is 35.3 Å². The second-order valence-electron chi connectivity index (χ2n) is 4.74. The molecule has 1 aromatic rings. The van der Waals surface area contributed by atoms with Crippen LogP contribution in [-0.2, 0) is 0 Å². The highest BCUT2D eigenvalue weighted by Gasteiger charge is 2.36. The second kappa shape index (κ2) is 4.84. The van der Waals surface area contributed by atoms with Crippen molar-refractivity contribution in [3.05, 3.63) is 23.4 Å². The number of nitrogens with two attached hydrogens (primary N) is 1. The first-order chi connectivity index (χ1) is 7.84. The lowest BCUT2D eigenvalue weighted by molar-refractivity contribution is 0.0710. The van der Waals surface area contributed by atoms with Crippen LogP contribution in [0.15, 0.2) is 12.3 Å². The predicted octanol–water partition coefficient (Wildman–Crippen LogP) is 1.89. The van der Waals surface area contributed by atoms with Crippen molar-refractivity contribution in [1.82, 2.24) is 9.88 Å². The van der Waals surface area contributed by atoms with E-state index >= 15 is 0 Å². The minimum atomic E-state index is -0.540. The van der Waals surface area contributed by atoms with Crippen LogP contribution in [0.3, 0.4) is 0 Å². The number of pyridine rings is 1. The van der Waals surface area contributed by atoms with E-state index in [1.54, 1.807) is 6.20 Å². The molecule has 17 heavy (non-hydrogen) atoms. The second-order valence-corrected chi connectivity index (χ2v) is 4.74. The Morgan fingerprint density at radius 3 is 2.53 bits per heavy atom. The van der Waals surface area contributed by atoms with Gasteiger partial charge in [-0.25, -0.2) is 4.98 Å². The highest BCUT2D eigenvalue weighted by molar-refractivity contribution is 6.07. The quantitative estimate of drug-likeness (QED) is 0.810. The van der Waals surface area contributed by atoms with Gasteiger partial charge in [-0.2, -0.15) is 0 Å². The maximum atomic E-state index is 12.6. The monoisotopic (exact) mass is 235 g/mol. The van der Waals surface area contributed by atoms with Gasteiger partial charge < -0.3 is 5.73 Å². The van der Waals surface area contributed by atoms with Crippen LogP contribution in [0.5, 0.6) is 0 Å². The van der Waals surface area contributed by atoms with Gasteiger partial charge in [0.1, 0.15) is 5.82 Å². The number of carbonyl (C=O) groups excluding carboxylic acids is 1. The molecule has 1 rings (SSSR count). The summed E-state index contributed by atoms with van der Waals surface area (Å²) in [6.07, 6.45) is 2.35. The Balaban J connectivity index is 3.29. The molecule has 0 spiro atoms. The van der Waals surface area contributed by atoms with Gasteiger partial charge in [-0.1, -0.05) is 6.92 Å². The fraction of sp³-hybridized carbons (Fsp3) is 0.538. The lowest BCUT2D eigenvalue weighted by Gasteiger charge is -2.34. The molecular formula is C13H21N3O. The number of Topliss-reactive ketones (excluding diaryl/α,β-unsaturated/α-hetero) is 1. The molecule has 1 atom stereocenters. The fourth-order valence-corrected chi connectivity index (χ4v) is 1.82. The summed E-state index contributed by atoms with van der Waals surface area (Å²) in [7, 11) is 3.81. The fourth-order valence-electron chi connectivity index (χ4n) is 1.82. The number of hydrogen-bond donors (Lipinski definition) is 1. The van der Waals surface area contributed by atoms with Crippen LogP contribution in [0, 0.1) is 6.92 Å². The molecule has 0 fully saturated rings. The molecule has 1 heterocycles. The smallest absolute Gasteiger partial charge is 0.186 e. The van der Waals surface area contributed by atoms with Crippen molar-refractivity contribution in [3.8, 4) is 0 Å². The Labute approximate surface area is 103 Å². The lowest BCUT2D eigenvalue weighted by atomic mass is 9.86. The first kappa shape index (κ1) is 13.6. The Hall–Kier alpha value is -1.42. The third kappa shape index (κ3) is 2.31. The van der Waals surface area contributed by atoms with Crippen molar-refractivity contribution in [1.29, 1.82) is 0 Å². The Morgan fingerprint density at radius 1 is 1.53 bits per heavy atom. The normalized spacial score (nSPS) is 14.7. The van der Waals surface area contributed by atoms with E-state index in [9.17, 15) is 4.79 Å². The van der Waals surface area contributed by atoms with E-state index in [4.69, 9.17) is 5.73 Å². The summed E-state index contributed by atoms with van der Waals surface area (Å²) in [6.45, 7) is 5.82. The molecule has 0 aliphatic heterocycles. The van der Waals surface area contributed by atoms with Crippen LogP contribution in [0.25, 0.3) is 0 Å². The topological polar surface area (TPSA) is 59.2 Å². The Morgan fingerprint density at radius 2 is 2.12 bits per heavy atom. The molecule has 2 N–H and O–H groups in total. The van der Waals surface area contributed by atoms with E-state index in [0.29, 0.717) is 11.4 Å². The number of hydrogen-bond acceptors (Lipinski definition) is 4. The van der Waals surface area contributed by atoms with E-state index in [2.05, 4.69) is 4.98 Å². The SMILES string of the molecule is CCC(C)(C(=O)c1c(C)ccnc1N)N(C)C. The average Bonchev–Trinajstić information content (AvgIpc) is 2.27. The minimum absolute atomic E-state index is 0.0353. The van der Waals surface area contributed by atoms with Gasteiger partial charge in [0, 0.05) is 6.20 Å². The average molecular weight is 235 g/mol. The molecule has 0 radical (unpaired) electrons. The van der Waals surface area contributed by atoms with Gasteiger partial charge in [0.15, 0.2) is 5.78 Å². The van der Waals surface area contributed by atoms with E-state index in [0.717, 1.165) is 12.0 Å². The van der Waals surface area contributed by atoms with E-state index < -0.39 is 5.54 Å². The molecule has 4 heteroatoms. The van der Waals surface area contributed by atoms with Gasteiger partial charge in [-0.3, -0.25) is 9.69 Å². The number of carbonyl (C=O) groups is 1. The van der Waals surface area contributed by atoms with E-state index in [1.165, 1.54) is 0 Å². The molecule has 0 amide bonds. The molecule has 0 saturated carbocycles. The van der Waals surface area contributed by atoms with Gasteiger partial charge in [0.05, 0.1) is 11.1 Å². The van der Waals surface area contributed by atoms with Crippen LogP contribution < -0.4 is 5.73 Å². The molecule has 1 unspecified atom stereocenters. The standard InChI is InChI=1S/C13H21N3O/c1-6-13(3,16(4)5)11(17)10-9(2)7-8-15-12(10)14/h7-8H,6H2,1-5H3,(H2,14,15). The van der Waals surface area contributed by atoms with Crippen LogP contribution in [0.1, 0.15) is 36.2 Å². The van der Waals surface area contributed by atoms with E-state index in [1.807, 2.05) is 45.8 Å². The number of nitrogens with zero attached hydrogens (tertiary/aromatic N) is 2. The molecular weight excluding hydrogens is 214 g/mol. The summed E-state index contributed by atoms with van der Waals surface area (Å²) in [5, 5.41) is 0. The van der Waals surface area contributed by atoms with Gasteiger partial charge in [-0.05, 0) is 46.0 Å². The molecule has 0 aromatic carbocycles. The van der Waals surface area contributed by atoms with Crippen LogP contribution in [0.4, 0.5) is 5.82 Å². The Kier molecular flexibility index (Phi) is 3.88. The van der Waals surface area contributed by atoms with Crippen molar-refractivity contribution in [3.63, 3.8) is 0 Å². The number of aromatic nitrogens is 1. The maximum Gasteiger partial charge on any atom is 0.186 e. The van der Waals surface area contributed by atoms with Crippen molar-refractivity contribution < 1.29 is 4.79 Å². The maximum absolute atomic E-state index is 12.6. The van der Waals surface area contributed by atoms with Crippen LogP contribution in [0.2, 0.25) is 0 Å². The van der Waals surface area contributed by atoms with Crippen LogP contribution >= 0.6 is 0 Å². The van der Waals surface area contributed by atoms with Gasteiger partial charge in [0.25, 0.3) is 0 Å². The molecule has 0 saturated heterocycles. The van der Waals surface area contributed by atoms with Crippen molar-refractivity contribution in [2.45, 2.75) is 32.7 Å². The number of nitrogen functional groups attached to an aromatic ring is 1. The molecule has 0 aliphatic carbocycles. The number of aryl methyl sites for hydroxylation is 1. The summed E-state index contributed by atoms with van der Waals surface area (Å²) in [4.78, 5) is 18.6. The zero-order chi connectivity index (χ0) is 13.2. The molecule has 94 valence electrons. The first-order valence-electron chi connectivity index (χ1n) is 5.78. The lowest BCUT2D eigenvalue weighted by Crippen LogP contribution is -2.48. The van der Waals surface area contributed by atoms with Gasteiger partial charge >= 0.3 is 0 Å². The summed E-state index contributed by atoms with van der Waals surface area (Å²) >= 11 is 0. The zero-order valence-corrected chi connectivity index (χ0v) is 11.2. The third-order valence-corrected chi connectivity index (χ3v) is 3.58. The summed E-state index contributed by atoms with van der Waals surface area (Å²) < 4.78 is 0. The largest absolute Gasteiger partial charge is 0.383 e. The molecule has 4 nitrogen and oxygen atoms in total. The first-order valence-corrected chi connectivity index (χ1v) is 5.78. The number of rotatable bonds is 4. The van der Waals surface area contributed by atoms with Crippen molar-refractivity contribution in [2.75, 3.05) is 19.8 Å². The van der Waals surface area contributed by atoms with Crippen molar-refractivity contribution >= 4 is 11.6 Å². The molecule has 0 bridgehead atoms. The number of ketones is 1. The number of likely N-dealkylation sites (N-methyl/N-ethyl adjacent to an activating group) is 1. The predicted molar refractivity (Wildman–Crippen MR) is 70.1 cm³/mol. The zero-order valence-electron chi connectivity index (χ0n) is 11.2. The highest BCUT2D eigenvalue weighted by atomic mass is 16.1. The Bertz CT molecular complexity index is 408. The third-order valence-electron chi connectivity index (χ3n) is 3.58. The van der Waals surface area contributed by atoms with Gasteiger partial charge in [0.2, 0.25) is 0 Å². The molecule has 0 aliphatic rings. The van der Waals surface area contributed by atoms with Crippen molar-refractivity contribution in [2.24, 2.45) is 0 Å². The summed E-state index contributed by atoms with van der Waals surface area (Å²) in [5.74, 6) is 0.352. The summed E-state index contributed by atoms with van der Waals surface area (Å²) in [5.41, 5.74) is 6.71. The minimum Gasteiger partial charge on any atom is -0.383 e. The van der Waals surface area contributed by atoms with E-state index in [-0.39, 0.29) is 5.78 Å². The summed E-state index contributed by atoms with van der Waals surface area (Å²) in [6, 6.07) is 1.81. The molecule has 1 aromatic heterocycles. The highest BCUT2D eigenvalue weighted by Crippen LogP contribution is 2.26. The number of anilines is 1. The van der Waals surface area contributed by atoms with Gasteiger partial charge in [-0.15, -0.1) is 0 Å².